The zero-order valence-electron chi connectivity index (χ0n) is 12.2. The van der Waals surface area contributed by atoms with E-state index in [1.54, 1.807) is 0 Å². The van der Waals surface area contributed by atoms with E-state index in [0.717, 1.165) is 14.7 Å². The maximum Gasteiger partial charge on any atom is 0.307 e. The third kappa shape index (κ3) is 3.47. The normalized spacial score (nSPS) is 11.8. The number of hydrogen-bond acceptors (Lipinski definition) is 4. The number of carboxylic acid groups (broad SMARTS) is 1. The first-order chi connectivity index (χ1) is 11.4. The summed E-state index contributed by atoms with van der Waals surface area (Å²) < 4.78 is 15.8. The summed E-state index contributed by atoms with van der Waals surface area (Å²) >= 11 is 4.71. The minimum atomic E-state index is -1.04. The van der Waals surface area contributed by atoms with Gasteiger partial charge in [-0.25, -0.2) is 9.37 Å². The van der Waals surface area contributed by atoms with Crippen molar-refractivity contribution >= 4 is 55.1 Å². The Morgan fingerprint density at radius 3 is 2.88 bits per heavy atom. The summed E-state index contributed by atoms with van der Waals surface area (Å²) in [4.78, 5) is 15.6. The van der Waals surface area contributed by atoms with Gasteiger partial charge in [0, 0.05) is 10.0 Å². The summed E-state index contributed by atoms with van der Waals surface area (Å²) in [5.41, 5.74) is 1.23. The van der Waals surface area contributed by atoms with E-state index < -0.39 is 17.5 Å². The average Bonchev–Trinajstić information content (AvgIpc) is 2.93. The summed E-state index contributed by atoms with van der Waals surface area (Å²) in [6.07, 6.45) is 1.12. The van der Waals surface area contributed by atoms with Crippen LogP contribution in [-0.2, 0) is 4.79 Å². The van der Waals surface area contributed by atoms with E-state index in [2.05, 4.69) is 20.9 Å². The van der Waals surface area contributed by atoms with Crippen LogP contribution in [0.5, 0.6) is 5.75 Å². The van der Waals surface area contributed by atoms with E-state index in [-0.39, 0.29) is 12.0 Å². The topological polar surface area (TPSA) is 70.4 Å². The van der Waals surface area contributed by atoms with Gasteiger partial charge >= 0.3 is 5.97 Å². The van der Waals surface area contributed by atoms with E-state index in [0.29, 0.717) is 10.6 Å². The Labute approximate surface area is 149 Å². The molecule has 4 nitrogen and oxygen atoms in total. The van der Waals surface area contributed by atoms with Crippen molar-refractivity contribution in [2.75, 3.05) is 0 Å². The predicted octanol–water partition coefficient (Wildman–Crippen LogP) is 4.92. The van der Waals surface area contributed by atoms with Crippen LogP contribution in [0.2, 0.25) is 0 Å². The largest absolute Gasteiger partial charge is 0.505 e. The van der Waals surface area contributed by atoms with Crippen LogP contribution in [-0.4, -0.2) is 21.2 Å². The third-order valence-electron chi connectivity index (χ3n) is 3.30. The second-order valence-corrected chi connectivity index (χ2v) is 7.00. The molecule has 0 aliphatic heterocycles. The Morgan fingerprint density at radius 2 is 2.12 bits per heavy atom. The molecule has 3 rings (SSSR count). The van der Waals surface area contributed by atoms with Crippen molar-refractivity contribution < 1.29 is 19.4 Å². The van der Waals surface area contributed by atoms with Crippen LogP contribution in [0.1, 0.15) is 17.0 Å². The van der Waals surface area contributed by atoms with Crippen LogP contribution < -0.4 is 0 Å². The first-order valence-electron chi connectivity index (χ1n) is 6.90. The summed E-state index contributed by atoms with van der Waals surface area (Å²) in [6, 6.07) is 9.80. The minimum Gasteiger partial charge on any atom is -0.505 e. The van der Waals surface area contributed by atoms with E-state index in [1.807, 2.05) is 18.2 Å². The highest BCUT2D eigenvalue weighted by atomic mass is 79.9. The van der Waals surface area contributed by atoms with Gasteiger partial charge in [-0.1, -0.05) is 28.1 Å². The van der Waals surface area contributed by atoms with Gasteiger partial charge in [0.05, 0.1) is 16.6 Å². The number of halogens is 2. The molecule has 24 heavy (non-hydrogen) atoms. The molecule has 0 unspecified atom stereocenters. The van der Waals surface area contributed by atoms with Gasteiger partial charge in [0.15, 0.2) is 11.6 Å². The number of phenols is 1. The van der Waals surface area contributed by atoms with E-state index in [9.17, 15) is 14.3 Å². The lowest BCUT2D eigenvalue weighted by atomic mass is 10.1. The zero-order chi connectivity index (χ0) is 17.3. The molecule has 0 radical (unpaired) electrons. The minimum absolute atomic E-state index is 0.117. The van der Waals surface area contributed by atoms with Gasteiger partial charge in [0.2, 0.25) is 0 Å². The second kappa shape index (κ2) is 6.70. The quantitative estimate of drug-likeness (QED) is 0.643. The first-order valence-corrected chi connectivity index (χ1v) is 8.51. The zero-order valence-corrected chi connectivity index (χ0v) is 14.6. The van der Waals surface area contributed by atoms with Crippen molar-refractivity contribution in [3.63, 3.8) is 0 Å². The predicted molar refractivity (Wildman–Crippen MR) is 95.5 cm³/mol. The Bertz CT molecular complexity index is 968. The van der Waals surface area contributed by atoms with Crippen LogP contribution >= 0.6 is 27.3 Å². The lowest BCUT2D eigenvalue weighted by Gasteiger charge is -2.03. The maximum absolute atomic E-state index is 14.0. The number of aliphatic carboxylic acids is 1. The van der Waals surface area contributed by atoms with Crippen LogP contribution in [0.15, 0.2) is 40.9 Å². The molecular formula is C17H11BrFNO3S. The fourth-order valence-electron chi connectivity index (χ4n) is 2.23. The Balaban J connectivity index is 2.12. The van der Waals surface area contributed by atoms with Crippen molar-refractivity contribution in [3.8, 4) is 5.75 Å². The third-order valence-corrected chi connectivity index (χ3v) is 4.91. The van der Waals surface area contributed by atoms with Gasteiger partial charge in [-0.3, -0.25) is 4.79 Å². The molecule has 3 aromatic rings. The Morgan fingerprint density at radius 1 is 1.33 bits per heavy atom. The number of aromatic nitrogens is 1. The molecule has 0 saturated heterocycles. The molecule has 2 N–H and O–H groups in total. The number of hydrogen-bond donors (Lipinski definition) is 2. The smallest absolute Gasteiger partial charge is 0.307 e. The molecule has 0 spiro atoms. The SMILES string of the molecule is O=C(O)C/C(=C/c1cccc(O)c1F)c1nc2cc(Br)ccc2s1. The van der Waals surface area contributed by atoms with Crippen LogP contribution in [0.4, 0.5) is 4.39 Å². The van der Waals surface area contributed by atoms with E-state index in [4.69, 9.17) is 5.11 Å². The van der Waals surface area contributed by atoms with Crippen molar-refractivity contribution in [1.82, 2.24) is 4.98 Å². The molecule has 1 aromatic heterocycles. The number of aromatic hydroxyl groups is 1. The van der Waals surface area contributed by atoms with Gasteiger partial charge in [0.25, 0.3) is 0 Å². The number of carboxylic acids is 1. The molecule has 122 valence electrons. The lowest BCUT2D eigenvalue weighted by Crippen LogP contribution is -1.97. The van der Waals surface area contributed by atoms with Crippen LogP contribution in [0.3, 0.4) is 0 Å². The fourth-order valence-corrected chi connectivity index (χ4v) is 3.53. The summed E-state index contributed by atoms with van der Waals surface area (Å²) in [7, 11) is 0. The van der Waals surface area contributed by atoms with Gasteiger partial charge in [-0.05, 0) is 35.9 Å². The number of thiazole rings is 1. The maximum atomic E-state index is 14.0. The van der Waals surface area contributed by atoms with Crippen molar-refractivity contribution in [3.05, 3.63) is 57.3 Å². The highest BCUT2D eigenvalue weighted by molar-refractivity contribution is 9.10. The van der Waals surface area contributed by atoms with Gasteiger partial charge in [-0.2, -0.15) is 0 Å². The summed E-state index contributed by atoms with van der Waals surface area (Å²) in [6.45, 7) is 0. The fraction of sp³-hybridized carbons (Fsp3) is 0.0588. The molecule has 0 aliphatic rings. The molecule has 0 fully saturated rings. The van der Waals surface area contributed by atoms with Crippen molar-refractivity contribution in [2.24, 2.45) is 0 Å². The first kappa shape index (κ1) is 16.6. The lowest BCUT2D eigenvalue weighted by molar-refractivity contribution is -0.135. The van der Waals surface area contributed by atoms with E-state index in [1.165, 1.54) is 35.6 Å². The molecule has 0 aliphatic carbocycles. The number of fused-ring (bicyclic) bond motifs is 1. The monoisotopic (exact) mass is 407 g/mol. The van der Waals surface area contributed by atoms with Crippen molar-refractivity contribution in [2.45, 2.75) is 6.42 Å². The molecule has 0 amide bonds. The number of benzene rings is 2. The molecule has 1 heterocycles. The number of phenolic OH excluding ortho intramolecular Hbond substituents is 1. The Hall–Kier alpha value is -2.25. The van der Waals surface area contributed by atoms with Crippen LogP contribution in [0.25, 0.3) is 21.9 Å². The number of nitrogens with zero attached hydrogens (tertiary/aromatic N) is 1. The van der Waals surface area contributed by atoms with Crippen LogP contribution in [0, 0.1) is 5.82 Å². The molecule has 7 heteroatoms. The standard InChI is InChI=1S/C17H11BrFNO3S/c18-11-4-5-14-12(8-11)20-17(24-14)10(7-15(22)23)6-9-2-1-3-13(21)16(9)19/h1-6,8,21H,7H2,(H,22,23)/b10-6-. The molecule has 0 saturated carbocycles. The molecule has 0 atom stereocenters. The van der Waals surface area contributed by atoms with Crippen molar-refractivity contribution in [1.29, 1.82) is 0 Å². The molecular weight excluding hydrogens is 397 g/mol. The van der Waals surface area contributed by atoms with Gasteiger partial charge in [-0.15, -0.1) is 11.3 Å². The highest BCUT2D eigenvalue weighted by Crippen LogP contribution is 2.32. The average molecular weight is 408 g/mol. The van der Waals surface area contributed by atoms with E-state index >= 15 is 0 Å². The second-order valence-electron chi connectivity index (χ2n) is 5.05. The van der Waals surface area contributed by atoms with Gasteiger partial charge < -0.3 is 10.2 Å². The molecule has 0 bridgehead atoms. The summed E-state index contributed by atoms with van der Waals surface area (Å²) in [5, 5.41) is 19.1. The number of rotatable bonds is 4. The highest BCUT2D eigenvalue weighted by Gasteiger charge is 2.14. The number of carbonyl (C=O) groups is 1. The summed E-state index contributed by atoms with van der Waals surface area (Å²) in [5.74, 6) is -2.31. The molecule has 2 aromatic carbocycles. The van der Waals surface area contributed by atoms with Gasteiger partial charge in [0.1, 0.15) is 5.01 Å². The Kier molecular flexibility index (Phi) is 4.64.